The first-order chi connectivity index (χ1) is 9.06. The van der Waals surface area contributed by atoms with Crippen molar-refractivity contribution in [2.24, 2.45) is 5.92 Å². The van der Waals surface area contributed by atoms with Gasteiger partial charge in [0.05, 0.1) is 15.7 Å². The first kappa shape index (κ1) is 14.9. The fraction of sp³-hybridized carbons (Fsp3) is 0.571. The van der Waals surface area contributed by atoms with Crippen molar-refractivity contribution < 1.29 is 4.74 Å². The van der Waals surface area contributed by atoms with Gasteiger partial charge in [-0.1, -0.05) is 23.2 Å². The van der Waals surface area contributed by atoms with E-state index in [1.54, 1.807) is 0 Å². The van der Waals surface area contributed by atoms with E-state index in [2.05, 4.69) is 11.9 Å². The number of ether oxygens (including phenoxy) is 1. The van der Waals surface area contributed by atoms with Crippen LogP contribution in [0.2, 0.25) is 10.0 Å². The Balaban J connectivity index is 1.92. The van der Waals surface area contributed by atoms with Crippen molar-refractivity contribution in [2.45, 2.75) is 19.4 Å². The van der Waals surface area contributed by atoms with Gasteiger partial charge in [-0.05, 0) is 43.5 Å². The summed E-state index contributed by atoms with van der Waals surface area (Å²) < 4.78 is 5.38. The minimum absolute atomic E-state index is 0.458. The van der Waals surface area contributed by atoms with Gasteiger partial charge in [-0.25, -0.2) is 0 Å². The summed E-state index contributed by atoms with van der Waals surface area (Å²) in [7, 11) is 2.12. The molecule has 19 heavy (non-hydrogen) atoms. The van der Waals surface area contributed by atoms with Crippen molar-refractivity contribution in [3.05, 3.63) is 27.7 Å². The Morgan fingerprint density at radius 2 is 1.84 bits per heavy atom. The lowest BCUT2D eigenvalue weighted by Crippen LogP contribution is -2.29. The summed E-state index contributed by atoms with van der Waals surface area (Å²) in [5.74, 6) is 0.721. The Labute approximate surface area is 124 Å². The molecule has 1 fully saturated rings. The molecule has 1 aromatic rings. The van der Waals surface area contributed by atoms with E-state index in [-0.39, 0.29) is 0 Å². The number of rotatable bonds is 4. The maximum atomic E-state index is 6.05. The summed E-state index contributed by atoms with van der Waals surface area (Å²) >= 11 is 12.1. The SMILES string of the molecule is CN(Cc1cc(Cl)c(N)c(Cl)c1)CC1CCOCC1. The first-order valence-electron chi connectivity index (χ1n) is 6.56. The van der Waals surface area contributed by atoms with Crippen molar-refractivity contribution in [3.63, 3.8) is 0 Å². The molecule has 1 saturated heterocycles. The third-order valence-corrected chi connectivity index (χ3v) is 4.13. The van der Waals surface area contributed by atoms with Crippen LogP contribution in [0.1, 0.15) is 18.4 Å². The highest BCUT2D eigenvalue weighted by molar-refractivity contribution is 6.38. The zero-order valence-corrected chi connectivity index (χ0v) is 12.7. The maximum Gasteiger partial charge on any atom is 0.0693 e. The van der Waals surface area contributed by atoms with Crippen LogP contribution in [0.4, 0.5) is 5.69 Å². The number of nitrogens with zero attached hydrogens (tertiary/aromatic N) is 1. The Kier molecular flexibility index (Phi) is 5.34. The molecule has 0 aliphatic carbocycles. The third kappa shape index (κ3) is 4.25. The zero-order chi connectivity index (χ0) is 13.8. The van der Waals surface area contributed by atoms with Crippen LogP contribution in [0, 0.1) is 5.92 Å². The number of halogens is 2. The molecule has 1 aliphatic rings. The summed E-state index contributed by atoms with van der Waals surface area (Å²) in [6, 6.07) is 3.78. The van der Waals surface area contributed by atoms with E-state index in [4.69, 9.17) is 33.7 Å². The number of anilines is 1. The van der Waals surface area contributed by atoms with Crippen LogP contribution in [0.3, 0.4) is 0 Å². The van der Waals surface area contributed by atoms with Gasteiger partial charge in [0.15, 0.2) is 0 Å². The van der Waals surface area contributed by atoms with Crippen molar-refractivity contribution in [1.29, 1.82) is 0 Å². The second-order valence-corrected chi connectivity index (χ2v) is 6.04. The Morgan fingerprint density at radius 3 is 2.42 bits per heavy atom. The van der Waals surface area contributed by atoms with Gasteiger partial charge in [-0.2, -0.15) is 0 Å². The zero-order valence-electron chi connectivity index (χ0n) is 11.2. The molecule has 2 rings (SSSR count). The van der Waals surface area contributed by atoms with Crippen molar-refractivity contribution in [3.8, 4) is 0 Å². The van der Waals surface area contributed by atoms with Crippen LogP contribution in [0.25, 0.3) is 0 Å². The highest BCUT2D eigenvalue weighted by Crippen LogP contribution is 2.29. The number of nitrogens with two attached hydrogens (primary N) is 1. The minimum atomic E-state index is 0.458. The number of hydrogen-bond acceptors (Lipinski definition) is 3. The Bertz CT molecular complexity index is 410. The molecule has 1 aliphatic heterocycles. The number of hydrogen-bond donors (Lipinski definition) is 1. The molecular formula is C14H20Cl2N2O. The summed E-state index contributed by atoms with van der Waals surface area (Å²) in [5, 5.41) is 1.06. The quantitative estimate of drug-likeness (QED) is 0.866. The normalized spacial score (nSPS) is 17.1. The van der Waals surface area contributed by atoms with E-state index in [1.165, 1.54) is 0 Å². The smallest absolute Gasteiger partial charge is 0.0693 e. The van der Waals surface area contributed by atoms with Crippen LogP contribution in [-0.2, 0) is 11.3 Å². The molecular weight excluding hydrogens is 283 g/mol. The van der Waals surface area contributed by atoms with E-state index in [1.807, 2.05) is 12.1 Å². The van der Waals surface area contributed by atoms with Gasteiger partial charge in [0.1, 0.15) is 0 Å². The predicted octanol–water partition coefficient (Wildman–Crippen LogP) is 3.43. The molecule has 0 spiro atoms. The van der Waals surface area contributed by atoms with Crippen molar-refractivity contribution in [1.82, 2.24) is 4.90 Å². The third-order valence-electron chi connectivity index (χ3n) is 3.50. The molecule has 3 nitrogen and oxygen atoms in total. The monoisotopic (exact) mass is 302 g/mol. The van der Waals surface area contributed by atoms with Gasteiger partial charge in [0, 0.05) is 26.3 Å². The lowest BCUT2D eigenvalue weighted by molar-refractivity contribution is 0.0549. The summed E-state index contributed by atoms with van der Waals surface area (Å²) in [4.78, 5) is 2.30. The van der Waals surface area contributed by atoms with Gasteiger partial charge in [-0.3, -0.25) is 0 Å². The molecule has 0 aromatic heterocycles. The molecule has 0 unspecified atom stereocenters. The van der Waals surface area contributed by atoms with E-state index >= 15 is 0 Å². The van der Waals surface area contributed by atoms with Crippen molar-refractivity contribution in [2.75, 3.05) is 32.5 Å². The average Bonchev–Trinajstić information content (AvgIpc) is 2.37. The fourth-order valence-corrected chi connectivity index (χ4v) is 3.01. The van der Waals surface area contributed by atoms with Gasteiger partial charge < -0.3 is 15.4 Å². The van der Waals surface area contributed by atoms with E-state index < -0.39 is 0 Å². The molecule has 0 amide bonds. The topological polar surface area (TPSA) is 38.5 Å². The highest BCUT2D eigenvalue weighted by atomic mass is 35.5. The van der Waals surface area contributed by atoms with Gasteiger partial charge in [0.2, 0.25) is 0 Å². The van der Waals surface area contributed by atoms with Crippen LogP contribution in [0.15, 0.2) is 12.1 Å². The van der Waals surface area contributed by atoms with E-state index in [0.29, 0.717) is 15.7 Å². The van der Waals surface area contributed by atoms with E-state index in [9.17, 15) is 0 Å². The first-order valence-corrected chi connectivity index (χ1v) is 7.31. The average molecular weight is 303 g/mol. The molecule has 0 saturated carbocycles. The second kappa shape index (κ2) is 6.80. The summed E-state index contributed by atoms with van der Waals surface area (Å²) in [5.41, 5.74) is 7.29. The standard InChI is InChI=1S/C14H20Cl2N2O/c1-18(8-10-2-4-19-5-3-10)9-11-6-12(15)14(17)13(16)7-11/h6-7,10H,2-5,8-9,17H2,1H3. The Hall–Kier alpha value is -0.480. The second-order valence-electron chi connectivity index (χ2n) is 5.23. The highest BCUT2D eigenvalue weighted by Gasteiger charge is 2.16. The number of benzene rings is 1. The van der Waals surface area contributed by atoms with Gasteiger partial charge in [-0.15, -0.1) is 0 Å². The molecule has 0 radical (unpaired) electrons. The van der Waals surface area contributed by atoms with Crippen LogP contribution >= 0.6 is 23.2 Å². The number of nitrogen functional groups attached to an aromatic ring is 1. The van der Waals surface area contributed by atoms with Crippen LogP contribution in [0.5, 0.6) is 0 Å². The Morgan fingerprint density at radius 1 is 1.26 bits per heavy atom. The van der Waals surface area contributed by atoms with Gasteiger partial charge in [0.25, 0.3) is 0 Å². The molecule has 0 bridgehead atoms. The van der Waals surface area contributed by atoms with E-state index in [0.717, 1.165) is 50.6 Å². The molecule has 1 heterocycles. The molecule has 0 atom stereocenters. The molecule has 1 aromatic carbocycles. The fourth-order valence-electron chi connectivity index (χ4n) is 2.47. The summed E-state index contributed by atoms with van der Waals surface area (Å²) in [6.45, 7) is 3.68. The largest absolute Gasteiger partial charge is 0.396 e. The van der Waals surface area contributed by atoms with Crippen LogP contribution in [-0.4, -0.2) is 31.7 Å². The molecule has 106 valence electrons. The predicted molar refractivity (Wildman–Crippen MR) is 80.8 cm³/mol. The summed E-state index contributed by atoms with van der Waals surface area (Å²) in [6.07, 6.45) is 2.29. The van der Waals surface area contributed by atoms with Crippen LogP contribution < -0.4 is 5.73 Å². The lowest BCUT2D eigenvalue weighted by atomic mass is 10.00. The molecule has 2 N–H and O–H groups in total. The molecule has 5 heteroatoms. The van der Waals surface area contributed by atoms with Gasteiger partial charge >= 0.3 is 0 Å². The van der Waals surface area contributed by atoms with Crippen molar-refractivity contribution >= 4 is 28.9 Å². The maximum absolute atomic E-state index is 6.05. The lowest BCUT2D eigenvalue weighted by Gasteiger charge is -2.27. The minimum Gasteiger partial charge on any atom is -0.396 e.